The van der Waals surface area contributed by atoms with E-state index in [-0.39, 0.29) is 26.8 Å². The highest BCUT2D eigenvalue weighted by Crippen LogP contribution is 2.43. The molecule has 0 aromatic heterocycles. The number of nitrogens with zero attached hydrogens (tertiary/aromatic N) is 3. The van der Waals surface area contributed by atoms with E-state index in [0.29, 0.717) is 24.7 Å². The fourth-order valence-electron chi connectivity index (χ4n) is 8.29. The zero-order valence-corrected chi connectivity index (χ0v) is 38.1. The molecule has 4 aromatic carbocycles. The Kier molecular flexibility index (Phi) is 15.3. The summed E-state index contributed by atoms with van der Waals surface area (Å²) in [5, 5.41) is 4.17. The van der Waals surface area contributed by atoms with Gasteiger partial charge in [0.05, 0.1) is 28.7 Å². The van der Waals surface area contributed by atoms with Crippen molar-refractivity contribution in [2.75, 3.05) is 81.5 Å². The van der Waals surface area contributed by atoms with E-state index >= 15 is 0 Å². The van der Waals surface area contributed by atoms with Gasteiger partial charge in [0, 0.05) is 85.3 Å². The topological polar surface area (TPSA) is 132 Å². The molecular formula is C46H56ClN5O6S3. The Morgan fingerprint density at radius 2 is 1.62 bits per heavy atom. The van der Waals surface area contributed by atoms with E-state index in [4.69, 9.17) is 16.3 Å². The molecule has 0 saturated carbocycles. The number of halogens is 1. The first-order chi connectivity index (χ1) is 29.3. The van der Waals surface area contributed by atoms with Crippen LogP contribution >= 0.6 is 23.4 Å². The molecule has 0 radical (unpaired) electrons. The molecule has 0 bridgehead atoms. The minimum Gasteiger partial charge on any atom is -0.380 e. The van der Waals surface area contributed by atoms with Gasteiger partial charge < -0.3 is 19.5 Å². The molecule has 3 aliphatic rings. The number of piperazine rings is 1. The summed E-state index contributed by atoms with van der Waals surface area (Å²) in [4.78, 5) is 21.2. The van der Waals surface area contributed by atoms with Crippen LogP contribution in [0.4, 0.5) is 11.4 Å². The summed E-state index contributed by atoms with van der Waals surface area (Å²) in [6, 6.07) is 29.1. The summed E-state index contributed by atoms with van der Waals surface area (Å²) in [6.45, 7) is 13.0. The lowest BCUT2D eigenvalue weighted by molar-refractivity contribution is 0.0370. The number of rotatable bonds is 16. The fourth-order valence-corrected chi connectivity index (χ4v) is 11.0. The lowest BCUT2D eigenvalue weighted by Crippen LogP contribution is -2.47. The van der Waals surface area contributed by atoms with Crippen molar-refractivity contribution in [1.82, 2.24) is 14.5 Å². The molecule has 2 heterocycles. The number of hydrogen-bond donors (Lipinski definition) is 3. The van der Waals surface area contributed by atoms with E-state index in [0.717, 1.165) is 99.7 Å². The number of anilines is 2. The van der Waals surface area contributed by atoms with Crippen LogP contribution < -0.4 is 14.9 Å². The summed E-state index contributed by atoms with van der Waals surface area (Å²) < 4.78 is 57.7. The number of allylic oxidation sites excluding steroid dienone is 1. The molecule has 2 saturated heterocycles. The van der Waals surface area contributed by atoms with Crippen LogP contribution in [0, 0.1) is 5.41 Å². The average molecular weight is 907 g/mol. The third-order valence-electron chi connectivity index (χ3n) is 11.8. The normalized spacial score (nSPS) is 18.7. The molecule has 15 heteroatoms. The second-order valence-electron chi connectivity index (χ2n) is 16.8. The van der Waals surface area contributed by atoms with Gasteiger partial charge in [0.25, 0.3) is 15.9 Å². The maximum atomic E-state index is 13.5. The number of sulfonamides is 1. The standard InChI is InChI=1S/C46H56ClN5O6S3/c1-46(2)20-18-42(34-8-12-37(47)13-9-34)36(31-46)32-51-22-24-52(25-23-51)39-14-10-35(11-15-39)45(53)49-61(56,57)41-16-17-43(44(30-41)60(54)55)48-38(19-21-50-26-28-58-29-27-50)33-59-40-6-4-3-5-7-40/h3-17,30,38,48H,18-29,31-33H2,1-2H3,(H,49,53)(H,54,55)/t38-/m1/s1. The Balaban J connectivity index is 0.962. The van der Waals surface area contributed by atoms with Crippen molar-refractivity contribution in [1.29, 1.82) is 0 Å². The quantitative estimate of drug-likeness (QED) is 0.0745. The number of thioether (sulfide) groups is 1. The zero-order valence-electron chi connectivity index (χ0n) is 34.9. The van der Waals surface area contributed by atoms with Crippen molar-refractivity contribution in [3.63, 3.8) is 0 Å². The van der Waals surface area contributed by atoms with Gasteiger partial charge in [0.1, 0.15) is 0 Å². The predicted molar refractivity (Wildman–Crippen MR) is 248 cm³/mol. The number of hydrogen-bond acceptors (Lipinski definition) is 10. The minimum atomic E-state index is -4.38. The van der Waals surface area contributed by atoms with E-state index in [1.807, 2.05) is 54.6 Å². The Labute approximate surface area is 372 Å². The highest BCUT2D eigenvalue weighted by atomic mass is 35.5. The molecular weight excluding hydrogens is 850 g/mol. The summed E-state index contributed by atoms with van der Waals surface area (Å²) in [6.07, 6.45) is 4.05. The Morgan fingerprint density at radius 3 is 2.31 bits per heavy atom. The van der Waals surface area contributed by atoms with Crippen molar-refractivity contribution in [3.8, 4) is 0 Å². The van der Waals surface area contributed by atoms with Gasteiger partial charge in [-0.05, 0) is 109 Å². The molecule has 2 atom stereocenters. The molecule has 1 unspecified atom stereocenters. The first-order valence-corrected chi connectivity index (χ1v) is 24.9. The Hall–Kier alpha value is -3.73. The molecule has 2 aliphatic heterocycles. The van der Waals surface area contributed by atoms with Crippen molar-refractivity contribution in [3.05, 3.63) is 119 Å². The number of ether oxygens (including phenoxy) is 1. The smallest absolute Gasteiger partial charge is 0.264 e. The number of carbonyl (C=O) groups excluding carboxylic acids is 1. The minimum absolute atomic E-state index is 0.0813. The monoisotopic (exact) mass is 905 g/mol. The molecule has 61 heavy (non-hydrogen) atoms. The molecule has 326 valence electrons. The summed E-state index contributed by atoms with van der Waals surface area (Å²) >= 11 is 5.37. The second kappa shape index (κ2) is 20.6. The van der Waals surface area contributed by atoms with E-state index in [2.05, 4.69) is 50.7 Å². The third kappa shape index (κ3) is 12.5. The summed E-state index contributed by atoms with van der Waals surface area (Å²) in [5.74, 6) is -0.104. The van der Waals surface area contributed by atoms with E-state index in [1.165, 1.54) is 28.8 Å². The molecule has 11 nitrogen and oxygen atoms in total. The van der Waals surface area contributed by atoms with E-state index < -0.39 is 27.0 Å². The fraction of sp³-hybridized carbons (Fsp3) is 0.413. The van der Waals surface area contributed by atoms with Gasteiger partial charge in [0.2, 0.25) is 0 Å². The van der Waals surface area contributed by atoms with E-state index in [1.54, 1.807) is 23.9 Å². The van der Waals surface area contributed by atoms with Crippen LogP contribution in [-0.4, -0.2) is 110 Å². The van der Waals surface area contributed by atoms with Crippen molar-refractivity contribution in [2.45, 2.75) is 60.3 Å². The SMILES string of the molecule is CC1(C)CCC(c2ccc(Cl)cc2)=C(CN2CCN(c3ccc(C(=O)NS(=O)(=O)c4ccc(N[C@H](CCN5CCOCC5)CSc5ccccc5)c(S(=O)O)c4)cc3)CC2)C1. The molecule has 2 fully saturated rings. The zero-order chi connectivity index (χ0) is 43.0. The van der Waals surface area contributed by atoms with Gasteiger partial charge in [0.15, 0.2) is 11.1 Å². The number of nitrogens with one attached hydrogen (secondary N) is 2. The third-order valence-corrected chi connectivity index (χ3v) is 15.2. The molecule has 4 aromatic rings. The number of benzene rings is 4. The second-order valence-corrected chi connectivity index (χ2v) is 20.9. The van der Waals surface area contributed by atoms with Crippen molar-refractivity contribution < 1.29 is 26.7 Å². The summed E-state index contributed by atoms with van der Waals surface area (Å²) in [7, 11) is -4.38. The Morgan fingerprint density at radius 1 is 0.918 bits per heavy atom. The largest absolute Gasteiger partial charge is 0.380 e. The lowest BCUT2D eigenvalue weighted by atomic mass is 9.73. The van der Waals surface area contributed by atoms with Crippen molar-refractivity contribution in [2.24, 2.45) is 5.41 Å². The highest BCUT2D eigenvalue weighted by Gasteiger charge is 2.30. The highest BCUT2D eigenvalue weighted by molar-refractivity contribution is 7.99. The van der Waals surface area contributed by atoms with Crippen LogP contribution in [-0.2, 0) is 25.8 Å². The van der Waals surface area contributed by atoms with Gasteiger partial charge in [-0.3, -0.25) is 14.6 Å². The number of amides is 1. The first kappa shape index (κ1) is 45.3. The Bertz CT molecular complexity index is 2280. The van der Waals surface area contributed by atoms with Crippen LogP contribution in [0.25, 0.3) is 5.57 Å². The van der Waals surface area contributed by atoms with Crippen molar-refractivity contribution >= 4 is 67.3 Å². The molecule has 7 rings (SSSR count). The van der Waals surface area contributed by atoms with Gasteiger partial charge in [-0.25, -0.2) is 17.3 Å². The number of carbonyl (C=O) groups is 1. The van der Waals surface area contributed by atoms with Crippen LogP contribution in [0.3, 0.4) is 0 Å². The van der Waals surface area contributed by atoms with Crippen LogP contribution in [0.5, 0.6) is 0 Å². The van der Waals surface area contributed by atoms with E-state index in [9.17, 15) is 22.0 Å². The van der Waals surface area contributed by atoms with Crippen LogP contribution in [0.1, 0.15) is 55.5 Å². The average Bonchev–Trinajstić information content (AvgIpc) is 3.25. The lowest BCUT2D eigenvalue weighted by Gasteiger charge is -2.39. The van der Waals surface area contributed by atoms with Crippen LogP contribution in [0.2, 0.25) is 5.02 Å². The van der Waals surface area contributed by atoms with Crippen LogP contribution in [0.15, 0.2) is 117 Å². The first-order valence-electron chi connectivity index (χ1n) is 20.9. The maximum Gasteiger partial charge on any atom is 0.264 e. The van der Waals surface area contributed by atoms with Gasteiger partial charge in [-0.15, -0.1) is 11.8 Å². The van der Waals surface area contributed by atoms with Gasteiger partial charge >= 0.3 is 0 Å². The maximum absolute atomic E-state index is 13.5. The molecule has 3 N–H and O–H groups in total. The van der Waals surface area contributed by atoms with Gasteiger partial charge in [-0.1, -0.05) is 61.4 Å². The molecule has 0 spiro atoms. The summed E-state index contributed by atoms with van der Waals surface area (Å²) in [5.41, 5.74) is 5.99. The van der Waals surface area contributed by atoms with Gasteiger partial charge in [-0.2, -0.15) is 0 Å². The molecule has 1 amide bonds. The molecule has 1 aliphatic carbocycles. The predicted octanol–water partition coefficient (Wildman–Crippen LogP) is 8.12. The number of morpholine rings is 1.